The molecule has 2 atom stereocenters. The maximum Gasteiger partial charge on any atom is 0.0430 e. The maximum absolute atomic E-state index is 6.28. The van der Waals surface area contributed by atoms with Crippen molar-refractivity contribution in [3.05, 3.63) is 59.4 Å². The quantitative estimate of drug-likeness (QED) is 0.907. The highest BCUT2D eigenvalue weighted by Crippen LogP contribution is 2.48. The number of hydrogen-bond donors (Lipinski definition) is 1. The highest BCUT2D eigenvalue weighted by atomic mass is 15.1. The van der Waals surface area contributed by atoms with Crippen LogP contribution in [0.3, 0.4) is 0 Å². The zero-order valence-electron chi connectivity index (χ0n) is 11.5. The smallest absolute Gasteiger partial charge is 0.0430 e. The number of hydrogen-bond acceptors (Lipinski definition) is 3. The first-order valence-corrected chi connectivity index (χ1v) is 7.35. The molecule has 2 heterocycles. The summed E-state index contributed by atoms with van der Waals surface area (Å²) >= 11 is 0. The summed E-state index contributed by atoms with van der Waals surface area (Å²) in [5.41, 5.74) is 11.9. The number of nitrogens with two attached hydrogens (primary N) is 1. The van der Waals surface area contributed by atoms with Crippen LogP contribution in [0.4, 0.5) is 5.69 Å². The van der Waals surface area contributed by atoms with E-state index in [4.69, 9.17) is 5.73 Å². The van der Waals surface area contributed by atoms with Gasteiger partial charge in [0.1, 0.15) is 0 Å². The van der Waals surface area contributed by atoms with Crippen molar-refractivity contribution in [1.82, 2.24) is 4.98 Å². The van der Waals surface area contributed by atoms with Crippen LogP contribution >= 0.6 is 0 Å². The largest absolute Gasteiger partial charge is 0.367 e. The molecule has 0 radical (unpaired) electrons. The molecule has 0 bridgehead atoms. The molecule has 0 saturated heterocycles. The molecule has 1 aromatic carbocycles. The zero-order chi connectivity index (χ0) is 13.5. The summed E-state index contributed by atoms with van der Waals surface area (Å²) in [4.78, 5) is 6.58. The second-order valence-corrected chi connectivity index (χ2v) is 5.88. The van der Waals surface area contributed by atoms with E-state index >= 15 is 0 Å². The van der Waals surface area contributed by atoms with Crippen LogP contribution in [0.25, 0.3) is 0 Å². The Morgan fingerprint density at radius 3 is 2.90 bits per heavy atom. The topological polar surface area (TPSA) is 42.1 Å². The molecular formula is C17H19N3. The summed E-state index contributed by atoms with van der Waals surface area (Å²) in [7, 11) is 0. The van der Waals surface area contributed by atoms with E-state index in [0.717, 1.165) is 19.5 Å². The average Bonchev–Trinajstić information content (AvgIpc) is 2.82. The van der Waals surface area contributed by atoms with Crippen LogP contribution in [0.1, 0.15) is 41.5 Å². The summed E-state index contributed by atoms with van der Waals surface area (Å²) in [5, 5.41) is 0. The summed E-state index contributed by atoms with van der Waals surface area (Å²) in [6.45, 7) is 2.08. The molecule has 1 aliphatic heterocycles. The Bertz CT molecular complexity index is 623. The Morgan fingerprint density at radius 2 is 2.05 bits per heavy atom. The predicted molar refractivity (Wildman–Crippen MR) is 80.6 cm³/mol. The van der Waals surface area contributed by atoms with E-state index in [1.807, 2.05) is 12.4 Å². The van der Waals surface area contributed by atoms with Crippen molar-refractivity contribution in [3.63, 3.8) is 0 Å². The first kappa shape index (κ1) is 11.9. The standard InChI is InChI=1S/C17H19N3/c18-15-10-13-6-9-20(11-12-4-7-19-8-5-12)16-3-1-2-14(15)17(13)16/h1-5,7-8,13,15H,6,9-11,18H2. The van der Waals surface area contributed by atoms with E-state index in [9.17, 15) is 0 Å². The van der Waals surface area contributed by atoms with Gasteiger partial charge in [0.25, 0.3) is 0 Å². The number of pyridine rings is 1. The Hall–Kier alpha value is -1.87. The molecule has 0 fully saturated rings. The number of anilines is 1. The Labute approximate surface area is 119 Å². The molecule has 2 aliphatic rings. The first-order chi connectivity index (χ1) is 9.83. The van der Waals surface area contributed by atoms with Gasteiger partial charge in [-0.2, -0.15) is 0 Å². The van der Waals surface area contributed by atoms with E-state index in [2.05, 4.69) is 40.2 Å². The molecular weight excluding hydrogens is 246 g/mol. The van der Waals surface area contributed by atoms with Crippen molar-refractivity contribution < 1.29 is 0 Å². The van der Waals surface area contributed by atoms with Gasteiger partial charge in [0.15, 0.2) is 0 Å². The van der Waals surface area contributed by atoms with Crippen LogP contribution in [0, 0.1) is 0 Å². The van der Waals surface area contributed by atoms with Crippen LogP contribution < -0.4 is 10.6 Å². The lowest BCUT2D eigenvalue weighted by Gasteiger charge is -2.34. The van der Waals surface area contributed by atoms with Gasteiger partial charge in [-0.15, -0.1) is 0 Å². The number of rotatable bonds is 2. The molecule has 4 rings (SSSR count). The van der Waals surface area contributed by atoms with Gasteiger partial charge in [-0.3, -0.25) is 4.98 Å². The molecule has 2 unspecified atom stereocenters. The molecule has 1 aromatic heterocycles. The van der Waals surface area contributed by atoms with E-state index < -0.39 is 0 Å². The monoisotopic (exact) mass is 265 g/mol. The van der Waals surface area contributed by atoms with Crippen LogP contribution in [-0.2, 0) is 6.54 Å². The van der Waals surface area contributed by atoms with Crippen molar-refractivity contribution in [2.24, 2.45) is 5.73 Å². The van der Waals surface area contributed by atoms with E-state index in [1.165, 1.54) is 28.8 Å². The second-order valence-electron chi connectivity index (χ2n) is 5.88. The minimum absolute atomic E-state index is 0.232. The lowest BCUT2D eigenvalue weighted by Crippen LogP contribution is -2.30. The van der Waals surface area contributed by atoms with Crippen molar-refractivity contribution in [2.75, 3.05) is 11.4 Å². The van der Waals surface area contributed by atoms with E-state index in [0.29, 0.717) is 5.92 Å². The van der Waals surface area contributed by atoms with Crippen molar-refractivity contribution in [1.29, 1.82) is 0 Å². The molecule has 0 spiro atoms. The van der Waals surface area contributed by atoms with E-state index in [-0.39, 0.29) is 6.04 Å². The van der Waals surface area contributed by atoms with Gasteiger partial charge < -0.3 is 10.6 Å². The number of aromatic nitrogens is 1. The Morgan fingerprint density at radius 1 is 1.20 bits per heavy atom. The number of nitrogens with zero attached hydrogens (tertiary/aromatic N) is 2. The van der Waals surface area contributed by atoms with Gasteiger partial charge in [0.05, 0.1) is 0 Å². The molecule has 2 N–H and O–H groups in total. The SMILES string of the molecule is NC1CC2CCN(Cc3ccncc3)c3cccc1c32. The number of benzene rings is 1. The highest BCUT2D eigenvalue weighted by molar-refractivity contribution is 5.63. The van der Waals surface area contributed by atoms with Crippen molar-refractivity contribution in [2.45, 2.75) is 31.3 Å². The van der Waals surface area contributed by atoms with Gasteiger partial charge in [0.2, 0.25) is 0 Å². The Kier molecular flexibility index (Phi) is 2.74. The normalized spacial score (nSPS) is 23.8. The molecule has 0 saturated carbocycles. The second kappa shape index (κ2) is 4.60. The molecule has 1 aliphatic carbocycles. The maximum atomic E-state index is 6.28. The lowest BCUT2D eigenvalue weighted by molar-refractivity contribution is 0.540. The van der Waals surface area contributed by atoms with Crippen molar-refractivity contribution >= 4 is 5.69 Å². The average molecular weight is 265 g/mol. The van der Waals surface area contributed by atoms with Gasteiger partial charge in [-0.25, -0.2) is 0 Å². The summed E-state index contributed by atoms with van der Waals surface area (Å²) < 4.78 is 0. The summed E-state index contributed by atoms with van der Waals surface area (Å²) in [6, 6.07) is 11.0. The summed E-state index contributed by atoms with van der Waals surface area (Å²) in [6.07, 6.45) is 6.08. The fourth-order valence-electron chi connectivity index (χ4n) is 3.73. The predicted octanol–water partition coefficient (Wildman–Crippen LogP) is 2.98. The van der Waals surface area contributed by atoms with E-state index in [1.54, 1.807) is 0 Å². The minimum Gasteiger partial charge on any atom is -0.367 e. The van der Waals surface area contributed by atoms with Crippen molar-refractivity contribution in [3.8, 4) is 0 Å². The summed E-state index contributed by atoms with van der Waals surface area (Å²) in [5.74, 6) is 0.671. The molecule has 2 aromatic rings. The molecule has 3 heteroatoms. The minimum atomic E-state index is 0.232. The van der Waals surface area contributed by atoms with Gasteiger partial charge in [0, 0.05) is 37.2 Å². The van der Waals surface area contributed by atoms with Gasteiger partial charge in [-0.05, 0) is 53.6 Å². The fourth-order valence-corrected chi connectivity index (χ4v) is 3.73. The van der Waals surface area contributed by atoms with Gasteiger partial charge >= 0.3 is 0 Å². The zero-order valence-corrected chi connectivity index (χ0v) is 11.5. The van der Waals surface area contributed by atoms with Crippen LogP contribution in [0.2, 0.25) is 0 Å². The molecule has 102 valence electrons. The molecule has 20 heavy (non-hydrogen) atoms. The fraction of sp³-hybridized carbons (Fsp3) is 0.353. The van der Waals surface area contributed by atoms with Gasteiger partial charge in [-0.1, -0.05) is 12.1 Å². The lowest BCUT2D eigenvalue weighted by atomic mass is 9.91. The van der Waals surface area contributed by atoms with Crippen LogP contribution in [0.15, 0.2) is 42.7 Å². The highest BCUT2D eigenvalue weighted by Gasteiger charge is 2.35. The molecule has 3 nitrogen and oxygen atoms in total. The first-order valence-electron chi connectivity index (χ1n) is 7.35. The Balaban J connectivity index is 1.71. The molecule has 0 amide bonds. The third-order valence-electron chi connectivity index (χ3n) is 4.67. The third kappa shape index (κ3) is 1.81. The van der Waals surface area contributed by atoms with Crippen LogP contribution in [-0.4, -0.2) is 11.5 Å². The third-order valence-corrected chi connectivity index (χ3v) is 4.67. The van der Waals surface area contributed by atoms with Crippen LogP contribution in [0.5, 0.6) is 0 Å².